The van der Waals surface area contributed by atoms with Crippen LogP contribution in [0.2, 0.25) is 5.02 Å². The highest BCUT2D eigenvalue weighted by Gasteiger charge is 2.24. The highest BCUT2D eigenvalue weighted by Crippen LogP contribution is 2.28. The van der Waals surface area contributed by atoms with Crippen LogP contribution in [-0.2, 0) is 14.8 Å². The number of halogens is 1. The van der Waals surface area contributed by atoms with Crippen LogP contribution < -0.4 is 10.1 Å². The molecule has 1 amide bonds. The molecule has 10 heteroatoms. The van der Waals surface area contributed by atoms with Gasteiger partial charge in [-0.1, -0.05) is 11.6 Å². The third-order valence-corrected chi connectivity index (χ3v) is 6.94. The van der Waals surface area contributed by atoms with Gasteiger partial charge in [-0.25, -0.2) is 13.4 Å². The largest absolute Gasteiger partial charge is 0.495 e. The van der Waals surface area contributed by atoms with Crippen molar-refractivity contribution in [3.63, 3.8) is 0 Å². The number of rotatable bonds is 6. The number of anilines is 1. The second kappa shape index (κ2) is 8.04. The Bertz CT molecular complexity index is 1140. The highest BCUT2D eigenvalue weighted by atomic mass is 35.5. The summed E-state index contributed by atoms with van der Waals surface area (Å²) in [7, 11) is -1.02. The van der Waals surface area contributed by atoms with E-state index in [0.29, 0.717) is 16.5 Å². The third-order valence-electron chi connectivity index (χ3n) is 3.98. The maximum Gasteiger partial charge on any atom is 0.243 e. The van der Waals surface area contributed by atoms with Gasteiger partial charge in [0.2, 0.25) is 15.9 Å². The van der Waals surface area contributed by atoms with Crippen molar-refractivity contribution in [3.05, 3.63) is 46.4 Å². The average molecular weight is 440 g/mol. The zero-order chi connectivity index (χ0) is 20.5. The van der Waals surface area contributed by atoms with Gasteiger partial charge < -0.3 is 10.1 Å². The van der Waals surface area contributed by atoms with Gasteiger partial charge in [-0.2, -0.15) is 4.31 Å². The van der Waals surface area contributed by atoms with Gasteiger partial charge in [-0.05, 0) is 43.3 Å². The Kier molecular flexibility index (Phi) is 5.90. The van der Waals surface area contributed by atoms with Crippen molar-refractivity contribution < 1.29 is 17.9 Å². The van der Waals surface area contributed by atoms with E-state index in [1.165, 1.54) is 37.6 Å². The maximum atomic E-state index is 12.8. The van der Waals surface area contributed by atoms with E-state index in [2.05, 4.69) is 10.3 Å². The van der Waals surface area contributed by atoms with Crippen molar-refractivity contribution in [2.24, 2.45) is 0 Å². The number of fused-ring (bicyclic) bond motifs is 1. The molecule has 7 nitrogen and oxygen atoms in total. The summed E-state index contributed by atoms with van der Waals surface area (Å²) in [6, 6.07) is 9.51. The Labute approximate surface area is 172 Å². The van der Waals surface area contributed by atoms with Crippen LogP contribution in [0.1, 0.15) is 5.01 Å². The quantitative estimate of drug-likeness (QED) is 0.634. The Morgan fingerprint density at radius 3 is 2.75 bits per heavy atom. The van der Waals surface area contributed by atoms with Crippen LogP contribution in [0.15, 0.2) is 41.3 Å². The van der Waals surface area contributed by atoms with E-state index >= 15 is 0 Å². The lowest BCUT2D eigenvalue weighted by molar-refractivity contribution is -0.116. The summed E-state index contributed by atoms with van der Waals surface area (Å²) in [6.07, 6.45) is 0. The van der Waals surface area contributed by atoms with Crippen LogP contribution in [0.5, 0.6) is 5.75 Å². The van der Waals surface area contributed by atoms with Crippen molar-refractivity contribution in [3.8, 4) is 5.75 Å². The molecule has 0 aliphatic rings. The summed E-state index contributed by atoms with van der Waals surface area (Å²) in [4.78, 5) is 16.8. The van der Waals surface area contributed by atoms with E-state index in [9.17, 15) is 13.2 Å². The lowest BCUT2D eigenvalue weighted by Crippen LogP contribution is -2.35. The van der Waals surface area contributed by atoms with Crippen molar-refractivity contribution in [2.75, 3.05) is 26.0 Å². The van der Waals surface area contributed by atoms with Gasteiger partial charge in [0.1, 0.15) is 5.75 Å². The molecule has 0 radical (unpaired) electrons. The number of likely N-dealkylation sites (N-methyl/N-ethyl adjacent to an activating group) is 1. The van der Waals surface area contributed by atoms with Crippen molar-refractivity contribution in [1.29, 1.82) is 0 Å². The molecule has 0 saturated carbocycles. The van der Waals surface area contributed by atoms with Crippen LogP contribution in [-0.4, -0.2) is 44.3 Å². The van der Waals surface area contributed by atoms with Crippen molar-refractivity contribution in [2.45, 2.75) is 11.8 Å². The zero-order valence-electron chi connectivity index (χ0n) is 15.4. The fourth-order valence-corrected chi connectivity index (χ4v) is 4.88. The first-order valence-corrected chi connectivity index (χ1v) is 10.8. The van der Waals surface area contributed by atoms with E-state index in [0.717, 1.165) is 19.5 Å². The fourth-order valence-electron chi connectivity index (χ4n) is 2.62. The number of aromatic nitrogens is 1. The molecule has 3 aromatic rings. The monoisotopic (exact) mass is 439 g/mol. The fraction of sp³-hybridized carbons (Fsp3) is 0.222. The van der Waals surface area contributed by atoms with Gasteiger partial charge in [-0.3, -0.25) is 4.79 Å². The number of nitrogens with zero attached hydrogens (tertiary/aromatic N) is 2. The average Bonchev–Trinajstić information content (AvgIpc) is 3.00. The van der Waals surface area contributed by atoms with Gasteiger partial charge in [0.25, 0.3) is 0 Å². The molecule has 1 N–H and O–H groups in total. The first-order chi connectivity index (χ1) is 13.2. The SMILES string of the molecule is COc1ccc(Cl)cc1NC(=O)CN(C)S(=O)(=O)c1ccc2nc(C)sc2c1. The third kappa shape index (κ3) is 4.27. The first kappa shape index (κ1) is 20.5. The number of hydrogen-bond donors (Lipinski definition) is 1. The van der Waals surface area contributed by atoms with Gasteiger partial charge in [0, 0.05) is 12.1 Å². The standard InChI is InChI=1S/C18H18ClN3O4S2/c1-11-20-14-6-5-13(9-17(14)27-11)28(24,25)22(2)10-18(23)21-15-8-12(19)4-7-16(15)26-3/h4-9H,10H2,1-3H3,(H,21,23). The number of thiazole rings is 1. The predicted octanol–water partition coefficient (Wildman–Crippen LogP) is 3.53. The lowest BCUT2D eigenvalue weighted by atomic mass is 10.3. The number of carbonyl (C=O) groups excluding carboxylic acids is 1. The number of nitrogens with one attached hydrogen (secondary N) is 1. The molecule has 0 unspecified atom stereocenters. The Morgan fingerprint density at radius 2 is 2.04 bits per heavy atom. The molecule has 1 heterocycles. The minimum absolute atomic E-state index is 0.110. The minimum atomic E-state index is -3.84. The molecule has 3 rings (SSSR count). The van der Waals surface area contributed by atoms with Gasteiger partial charge >= 0.3 is 0 Å². The topological polar surface area (TPSA) is 88.6 Å². The second-order valence-corrected chi connectivity index (χ2v) is 9.73. The number of aryl methyl sites for hydroxylation is 1. The van der Waals surface area contributed by atoms with Gasteiger partial charge in [0.05, 0.1) is 39.5 Å². The molecule has 2 aromatic carbocycles. The molecule has 0 atom stereocenters. The number of benzene rings is 2. The van der Waals surface area contributed by atoms with E-state index in [1.807, 2.05) is 6.92 Å². The van der Waals surface area contributed by atoms with Crippen LogP contribution >= 0.6 is 22.9 Å². The number of ether oxygens (including phenoxy) is 1. The molecule has 0 bridgehead atoms. The van der Waals surface area contributed by atoms with Crippen LogP contribution in [0.3, 0.4) is 0 Å². The number of methoxy groups -OCH3 is 1. The van der Waals surface area contributed by atoms with Gasteiger partial charge in [0.15, 0.2) is 0 Å². The molecule has 0 aliphatic heterocycles. The number of amides is 1. The molecular formula is C18H18ClN3O4S2. The highest BCUT2D eigenvalue weighted by molar-refractivity contribution is 7.89. The summed E-state index contributed by atoms with van der Waals surface area (Å²) >= 11 is 7.36. The molecule has 0 aliphatic carbocycles. The van der Waals surface area contributed by atoms with E-state index < -0.39 is 15.9 Å². The molecule has 1 aromatic heterocycles. The van der Waals surface area contributed by atoms with E-state index in [4.69, 9.17) is 16.3 Å². The summed E-state index contributed by atoms with van der Waals surface area (Å²) in [6.45, 7) is 1.50. The summed E-state index contributed by atoms with van der Waals surface area (Å²) in [5, 5.41) is 3.90. The maximum absolute atomic E-state index is 12.8. The Hall–Kier alpha value is -2.20. The minimum Gasteiger partial charge on any atom is -0.495 e. The molecule has 0 saturated heterocycles. The Balaban J connectivity index is 1.77. The number of hydrogen-bond acceptors (Lipinski definition) is 6. The molecular weight excluding hydrogens is 422 g/mol. The summed E-state index contributed by atoms with van der Waals surface area (Å²) in [5.41, 5.74) is 1.11. The van der Waals surface area contributed by atoms with Crippen LogP contribution in [0, 0.1) is 6.92 Å². The molecule has 0 spiro atoms. The predicted molar refractivity (Wildman–Crippen MR) is 111 cm³/mol. The van der Waals surface area contributed by atoms with Crippen molar-refractivity contribution in [1.82, 2.24) is 9.29 Å². The lowest BCUT2D eigenvalue weighted by Gasteiger charge is -2.17. The second-order valence-electron chi connectivity index (χ2n) is 6.02. The normalized spacial score (nSPS) is 11.8. The first-order valence-electron chi connectivity index (χ1n) is 8.17. The zero-order valence-corrected chi connectivity index (χ0v) is 17.8. The van der Waals surface area contributed by atoms with Crippen LogP contribution in [0.4, 0.5) is 5.69 Å². The molecule has 148 valence electrons. The molecule has 0 fully saturated rings. The van der Waals surface area contributed by atoms with E-state index in [-0.39, 0.29) is 11.4 Å². The molecule has 28 heavy (non-hydrogen) atoms. The Morgan fingerprint density at radius 1 is 1.29 bits per heavy atom. The van der Waals surface area contributed by atoms with E-state index in [1.54, 1.807) is 24.3 Å². The number of carbonyl (C=O) groups is 1. The van der Waals surface area contributed by atoms with Crippen molar-refractivity contribution >= 4 is 54.8 Å². The smallest absolute Gasteiger partial charge is 0.243 e. The van der Waals surface area contributed by atoms with Gasteiger partial charge in [-0.15, -0.1) is 11.3 Å². The summed E-state index contributed by atoms with van der Waals surface area (Å²) in [5.74, 6) is -0.0874. The number of sulfonamides is 1. The summed E-state index contributed by atoms with van der Waals surface area (Å²) < 4.78 is 32.6. The van der Waals surface area contributed by atoms with Crippen LogP contribution in [0.25, 0.3) is 10.2 Å².